The summed E-state index contributed by atoms with van der Waals surface area (Å²) in [6.07, 6.45) is 5.61. The number of nitrogens with one attached hydrogen (secondary N) is 2. The van der Waals surface area contributed by atoms with Crippen LogP contribution in [0.5, 0.6) is 0 Å². The van der Waals surface area contributed by atoms with Crippen LogP contribution in [0.1, 0.15) is 101 Å². The Morgan fingerprint density at radius 3 is 2.02 bits per heavy atom. The molecule has 0 bridgehead atoms. The number of carbonyl (C=O) groups is 3. The smallest absolute Gasteiger partial charge is 0.408 e. The molecule has 40 heavy (non-hydrogen) atoms. The Balaban J connectivity index is 2.43. The van der Waals surface area contributed by atoms with Crippen LogP contribution in [0, 0.1) is 20.8 Å². The summed E-state index contributed by atoms with van der Waals surface area (Å²) in [4.78, 5) is 42.1. The molecule has 0 saturated heterocycles. The van der Waals surface area contributed by atoms with Crippen LogP contribution in [0.15, 0.2) is 42.5 Å². The fourth-order valence-corrected chi connectivity index (χ4v) is 4.65. The molecular weight excluding hydrogens is 502 g/mol. The highest BCUT2D eigenvalue weighted by Crippen LogP contribution is 2.28. The summed E-state index contributed by atoms with van der Waals surface area (Å²) in [5.41, 5.74) is 3.73. The molecule has 0 fully saturated rings. The third kappa shape index (κ3) is 10.3. The van der Waals surface area contributed by atoms with Crippen LogP contribution >= 0.6 is 0 Å². The average Bonchev–Trinajstić information content (AvgIpc) is 2.87. The largest absolute Gasteiger partial charge is 0.444 e. The number of carbonyl (C=O) groups excluding carboxylic acids is 3. The molecule has 220 valence electrons. The van der Waals surface area contributed by atoms with Crippen molar-refractivity contribution in [1.82, 2.24) is 10.2 Å². The van der Waals surface area contributed by atoms with Crippen molar-refractivity contribution in [3.63, 3.8) is 0 Å². The molecular formula is C33H49N3O4. The third-order valence-corrected chi connectivity index (χ3v) is 6.82. The van der Waals surface area contributed by atoms with Gasteiger partial charge in [0.2, 0.25) is 5.91 Å². The van der Waals surface area contributed by atoms with Gasteiger partial charge in [-0.1, -0.05) is 87.1 Å². The van der Waals surface area contributed by atoms with E-state index >= 15 is 0 Å². The summed E-state index contributed by atoms with van der Waals surface area (Å²) in [5.74, 6) is -0.619. The maximum absolute atomic E-state index is 14.0. The Kier molecular flexibility index (Phi) is 12.7. The van der Waals surface area contributed by atoms with E-state index in [4.69, 9.17) is 4.74 Å². The lowest BCUT2D eigenvalue weighted by Gasteiger charge is -2.34. The molecule has 0 heterocycles. The van der Waals surface area contributed by atoms with E-state index in [1.54, 1.807) is 32.6 Å². The molecule has 0 aliphatic rings. The van der Waals surface area contributed by atoms with Crippen LogP contribution in [0.25, 0.3) is 0 Å². The lowest BCUT2D eigenvalue weighted by atomic mass is 10.00. The van der Waals surface area contributed by atoms with Crippen molar-refractivity contribution in [2.24, 2.45) is 0 Å². The maximum atomic E-state index is 14.0. The van der Waals surface area contributed by atoms with E-state index < -0.39 is 23.8 Å². The monoisotopic (exact) mass is 551 g/mol. The van der Waals surface area contributed by atoms with Gasteiger partial charge in [-0.3, -0.25) is 9.59 Å². The first kappa shape index (κ1) is 32.9. The summed E-state index contributed by atoms with van der Waals surface area (Å²) >= 11 is 0. The Bertz CT molecular complexity index is 1100. The third-order valence-electron chi connectivity index (χ3n) is 6.82. The average molecular weight is 552 g/mol. The molecule has 0 aliphatic heterocycles. The molecule has 0 radical (unpaired) electrons. The number of ether oxygens (including phenoxy) is 1. The van der Waals surface area contributed by atoms with Gasteiger partial charge in [-0.05, 0) is 71.6 Å². The Hall–Kier alpha value is -3.35. The fraction of sp³-hybridized carbons (Fsp3) is 0.545. The number of unbranched alkanes of at least 4 members (excludes halogenated alkanes) is 5. The van der Waals surface area contributed by atoms with Gasteiger partial charge in [-0.15, -0.1) is 0 Å². The van der Waals surface area contributed by atoms with Crippen molar-refractivity contribution in [2.45, 2.75) is 112 Å². The number of hydrogen-bond acceptors (Lipinski definition) is 4. The molecule has 2 atom stereocenters. The molecule has 0 saturated carbocycles. The predicted molar refractivity (Wildman–Crippen MR) is 162 cm³/mol. The molecule has 2 rings (SSSR count). The number of hydrogen-bond donors (Lipinski definition) is 2. The van der Waals surface area contributed by atoms with Crippen molar-refractivity contribution in [3.8, 4) is 0 Å². The van der Waals surface area contributed by atoms with Crippen LogP contribution in [-0.2, 0) is 14.3 Å². The number of anilines is 1. The number of rotatable bonds is 13. The fourth-order valence-electron chi connectivity index (χ4n) is 4.65. The van der Waals surface area contributed by atoms with Gasteiger partial charge in [0.15, 0.2) is 0 Å². The molecule has 3 amide bonds. The topological polar surface area (TPSA) is 87.7 Å². The molecule has 7 heteroatoms. The second-order valence-electron chi connectivity index (χ2n) is 11.7. The van der Waals surface area contributed by atoms with Crippen LogP contribution in [0.4, 0.5) is 10.5 Å². The highest BCUT2D eigenvalue weighted by atomic mass is 16.6. The first-order valence-electron chi connectivity index (χ1n) is 14.6. The van der Waals surface area contributed by atoms with Crippen LogP contribution in [0.3, 0.4) is 0 Å². The standard InChI is InChI=1S/C33H49N3O4/c1-9-10-11-12-13-14-22-36(31(38)26(5)34-32(39)40-33(6,7)8)29(27-20-18-23(2)19-21-27)30(37)35-28-24(3)16-15-17-25(28)4/h15-21,26,29H,9-14,22H2,1-8H3,(H,34,39)(H,35,37). The minimum Gasteiger partial charge on any atom is -0.444 e. The second kappa shape index (κ2) is 15.4. The van der Waals surface area contributed by atoms with E-state index in [2.05, 4.69) is 17.6 Å². The lowest BCUT2D eigenvalue weighted by Crippen LogP contribution is -2.51. The first-order chi connectivity index (χ1) is 18.8. The lowest BCUT2D eigenvalue weighted by molar-refractivity contribution is -0.140. The summed E-state index contributed by atoms with van der Waals surface area (Å²) < 4.78 is 5.39. The minimum atomic E-state index is -0.879. The number of para-hydroxylation sites is 1. The van der Waals surface area contributed by atoms with E-state index in [0.29, 0.717) is 6.54 Å². The van der Waals surface area contributed by atoms with E-state index in [9.17, 15) is 14.4 Å². The summed E-state index contributed by atoms with van der Waals surface area (Å²) in [7, 11) is 0. The Morgan fingerprint density at radius 1 is 0.875 bits per heavy atom. The predicted octanol–water partition coefficient (Wildman–Crippen LogP) is 7.39. The zero-order valence-corrected chi connectivity index (χ0v) is 25.7. The molecule has 0 aliphatic carbocycles. The Labute approximate surface area is 241 Å². The number of nitrogens with zero attached hydrogens (tertiary/aromatic N) is 1. The van der Waals surface area contributed by atoms with Gasteiger partial charge >= 0.3 is 6.09 Å². The summed E-state index contributed by atoms with van der Waals surface area (Å²) in [6.45, 7) is 15.4. The molecule has 7 nitrogen and oxygen atoms in total. The second-order valence-corrected chi connectivity index (χ2v) is 11.7. The van der Waals surface area contributed by atoms with Gasteiger partial charge in [-0.2, -0.15) is 0 Å². The van der Waals surface area contributed by atoms with Crippen molar-refractivity contribution >= 4 is 23.6 Å². The molecule has 2 N–H and O–H groups in total. The van der Waals surface area contributed by atoms with Gasteiger partial charge in [0.1, 0.15) is 17.7 Å². The minimum absolute atomic E-state index is 0.287. The van der Waals surface area contributed by atoms with Crippen LogP contribution < -0.4 is 10.6 Å². The van der Waals surface area contributed by atoms with Gasteiger partial charge in [0.25, 0.3) is 5.91 Å². The normalized spacial score (nSPS) is 12.8. The summed E-state index contributed by atoms with van der Waals surface area (Å²) in [5, 5.41) is 5.78. The van der Waals surface area contributed by atoms with Gasteiger partial charge in [0, 0.05) is 12.2 Å². The molecule has 0 spiro atoms. The Morgan fingerprint density at radius 2 is 1.45 bits per heavy atom. The van der Waals surface area contributed by atoms with Gasteiger partial charge < -0.3 is 20.3 Å². The van der Waals surface area contributed by atoms with Gasteiger partial charge in [-0.25, -0.2) is 4.79 Å². The quantitative estimate of drug-likeness (QED) is 0.254. The molecule has 0 aromatic heterocycles. The first-order valence-corrected chi connectivity index (χ1v) is 14.6. The molecule has 2 aromatic carbocycles. The van der Waals surface area contributed by atoms with Crippen LogP contribution in [-0.4, -0.2) is 41.0 Å². The zero-order valence-electron chi connectivity index (χ0n) is 25.7. The molecule has 2 aromatic rings. The SMILES string of the molecule is CCCCCCCCN(C(=O)C(C)NC(=O)OC(C)(C)C)C(C(=O)Nc1c(C)cccc1C)c1ccc(C)cc1. The number of alkyl carbamates (subject to hydrolysis) is 1. The highest BCUT2D eigenvalue weighted by molar-refractivity contribution is 5.99. The number of aryl methyl sites for hydroxylation is 3. The van der Waals surface area contributed by atoms with Crippen LogP contribution in [0.2, 0.25) is 0 Å². The van der Waals surface area contributed by atoms with Crippen molar-refractivity contribution in [3.05, 3.63) is 64.7 Å². The summed E-state index contributed by atoms with van der Waals surface area (Å²) in [6, 6.07) is 11.8. The van der Waals surface area contributed by atoms with Gasteiger partial charge in [0.05, 0.1) is 0 Å². The van der Waals surface area contributed by atoms with E-state index in [1.165, 1.54) is 6.42 Å². The van der Waals surface area contributed by atoms with E-state index in [0.717, 1.165) is 60.0 Å². The van der Waals surface area contributed by atoms with E-state index in [-0.39, 0.29) is 11.8 Å². The highest BCUT2D eigenvalue weighted by Gasteiger charge is 2.35. The number of amides is 3. The number of benzene rings is 2. The zero-order chi connectivity index (χ0) is 29.9. The van der Waals surface area contributed by atoms with Crippen molar-refractivity contribution < 1.29 is 19.1 Å². The van der Waals surface area contributed by atoms with Crippen molar-refractivity contribution in [2.75, 3.05) is 11.9 Å². The maximum Gasteiger partial charge on any atom is 0.408 e. The van der Waals surface area contributed by atoms with E-state index in [1.807, 2.05) is 63.2 Å². The molecule has 2 unspecified atom stereocenters. The van der Waals surface area contributed by atoms with Crippen molar-refractivity contribution in [1.29, 1.82) is 0 Å².